The van der Waals surface area contributed by atoms with E-state index < -0.39 is 0 Å². The molecule has 0 bridgehead atoms. The molecule has 1 aromatic rings. The highest BCUT2D eigenvalue weighted by molar-refractivity contribution is 9.09. The summed E-state index contributed by atoms with van der Waals surface area (Å²) in [5, 5.41) is 0.927. The van der Waals surface area contributed by atoms with Gasteiger partial charge >= 0.3 is 0 Å². The van der Waals surface area contributed by atoms with Crippen LogP contribution in [0.5, 0.6) is 0 Å². The van der Waals surface area contributed by atoms with Gasteiger partial charge in [-0.2, -0.15) is 0 Å². The number of carbonyl (C=O) groups excluding carboxylic acids is 1. The summed E-state index contributed by atoms with van der Waals surface area (Å²) >= 11 is 3.42. The SMILES string of the molecule is Cc1cccc(C(=O)N(CCCBr)C(C)C)c1C. The van der Waals surface area contributed by atoms with Crippen molar-refractivity contribution in [1.82, 2.24) is 4.90 Å². The van der Waals surface area contributed by atoms with E-state index in [1.165, 1.54) is 5.56 Å². The molecule has 0 spiro atoms. The van der Waals surface area contributed by atoms with Crippen molar-refractivity contribution in [2.75, 3.05) is 11.9 Å². The number of aryl methyl sites for hydroxylation is 1. The maximum Gasteiger partial charge on any atom is 0.254 e. The maximum atomic E-state index is 12.6. The Kier molecular flexibility index (Phi) is 5.86. The topological polar surface area (TPSA) is 20.3 Å². The third-order valence-corrected chi connectivity index (χ3v) is 3.81. The number of hydrogen-bond acceptors (Lipinski definition) is 1. The first-order valence-electron chi connectivity index (χ1n) is 6.42. The van der Waals surface area contributed by atoms with Crippen molar-refractivity contribution in [3.8, 4) is 0 Å². The highest BCUT2D eigenvalue weighted by Gasteiger charge is 2.20. The number of alkyl halides is 1. The molecular formula is C15H22BrNO. The van der Waals surface area contributed by atoms with Gasteiger partial charge in [-0.05, 0) is 51.3 Å². The maximum absolute atomic E-state index is 12.6. The molecule has 0 atom stereocenters. The van der Waals surface area contributed by atoms with Crippen LogP contribution in [0.25, 0.3) is 0 Å². The van der Waals surface area contributed by atoms with Crippen LogP contribution in [-0.2, 0) is 0 Å². The summed E-state index contributed by atoms with van der Waals surface area (Å²) in [6, 6.07) is 6.16. The zero-order valence-corrected chi connectivity index (χ0v) is 13.3. The molecule has 0 aliphatic rings. The summed E-state index contributed by atoms with van der Waals surface area (Å²) in [6.45, 7) is 9.00. The summed E-state index contributed by atoms with van der Waals surface area (Å²) in [7, 11) is 0. The van der Waals surface area contributed by atoms with Gasteiger partial charge in [0, 0.05) is 23.5 Å². The van der Waals surface area contributed by atoms with Crippen LogP contribution in [0.1, 0.15) is 41.8 Å². The van der Waals surface area contributed by atoms with Crippen molar-refractivity contribution in [3.05, 3.63) is 34.9 Å². The van der Waals surface area contributed by atoms with E-state index in [2.05, 4.69) is 29.8 Å². The molecular weight excluding hydrogens is 290 g/mol. The van der Waals surface area contributed by atoms with Gasteiger partial charge in [0.2, 0.25) is 0 Å². The molecule has 0 aliphatic heterocycles. The lowest BCUT2D eigenvalue weighted by Gasteiger charge is -2.27. The van der Waals surface area contributed by atoms with Crippen LogP contribution in [0.2, 0.25) is 0 Å². The number of nitrogens with zero attached hydrogens (tertiary/aromatic N) is 1. The molecule has 1 aromatic carbocycles. The Balaban J connectivity index is 2.98. The van der Waals surface area contributed by atoms with Crippen LogP contribution < -0.4 is 0 Å². The quantitative estimate of drug-likeness (QED) is 0.754. The Hall–Kier alpha value is -0.830. The van der Waals surface area contributed by atoms with E-state index in [0.29, 0.717) is 0 Å². The summed E-state index contributed by atoms with van der Waals surface area (Å²) < 4.78 is 0. The van der Waals surface area contributed by atoms with E-state index in [4.69, 9.17) is 0 Å². The molecule has 100 valence electrons. The zero-order valence-electron chi connectivity index (χ0n) is 11.7. The molecule has 0 aliphatic carbocycles. The van der Waals surface area contributed by atoms with Crippen LogP contribution in [-0.4, -0.2) is 28.7 Å². The molecule has 0 radical (unpaired) electrons. The normalized spacial score (nSPS) is 10.8. The summed E-state index contributed by atoms with van der Waals surface area (Å²) in [4.78, 5) is 14.5. The minimum absolute atomic E-state index is 0.146. The first-order valence-corrected chi connectivity index (χ1v) is 7.54. The van der Waals surface area contributed by atoms with Gasteiger partial charge in [0.15, 0.2) is 0 Å². The number of benzene rings is 1. The number of carbonyl (C=O) groups is 1. The molecule has 0 heterocycles. The van der Waals surface area contributed by atoms with Crippen molar-refractivity contribution in [3.63, 3.8) is 0 Å². The van der Waals surface area contributed by atoms with Crippen LogP contribution in [0.3, 0.4) is 0 Å². The van der Waals surface area contributed by atoms with Crippen molar-refractivity contribution < 1.29 is 4.79 Å². The molecule has 0 unspecified atom stereocenters. The summed E-state index contributed by atoms with van der Waals surface area (Å²) in [5.74, 6) is 0.146. The Bertz CT molecular complexity index is 415. The molecule has 2 nitrogen and oxygen atoms in total. The Morgan fingerprint density at radius 2 is 2.00 bits per heavy atom. The second-order valence-corrected chi connectivity index (χ2v) is 5.68. The van der Waals surface area contributed by atoms with Gasteiger partial charge in [-0.1, -0.05) is 28.1 Å². The van der Waals surface area contributed by atoms with E-state index >= 15 is 0 Å². The minimum Gasteiger partial charge on any atom is -0.336 e. The molecule has 0 saturated heterocycles. The third-order valence-electron chi connectivity index (χ3n) is 3.25. The number of hydrogen-bond donors (Lipinski definition) is 0. The second-order valence-electron chi connectivity index (χ2n) is 4.88. The van der Waals surface area contributed by atoms with Gasteiger partial charge < -0.3 is 4.90 Å². The lowest BCUT2D eigenvalue weighted by atomic mass is 10.0. The van der Waals surface area contributed by atoms with Crippen LogP contribution in [0.15, 0.2) is 18.2 Å². The van der Waals surface area contributed by atoms with Crippen molar-refractivity contribution >= 4 is 21.8 Å². The highest BCUT2D eigenvalue weighted by atomic mass is 79.9. The van der Waals surface area contributed by atoms with Crippen molar-refractivity contribution in [2.24, 2.45) is 0 Å². The van der Waals surface area contributed by atoms with E-state index in [1.54, 1.807) is 0 Å². The van der Waals surface area contributed by atoms with E-state index in [1.807, 2.05) is 36.9 Å². The number of halogens is 1. The fourth-order valence-corrected chi connectivity index (χ4v) is 2.21. The number of rotatable bonds is 5. The van der Waals surface area contributed by atoms with Gasteiger partial charge in [-0.15, -0.1) is 0 Å². The monoisotopic (exact) mass is 311 g/mol. The van der Waals surface area contributed by atoms with Crippen molar-refractivity contribution in [1.29, 1.82) is 0 Å². The van der Waals surface area contributed by atoms with Gasteiger partial charge in [-0.25, -0.2) is 0 Å². The predicted octanol–water partition coefficient (Wildman–Crippen LogP) is 3.94. The van der Waals surface area contributed by atoms with Gasteiger partial charge in [0.1, 0.15) is 0 Å². The van der Waals surface area contributed by atoms with E-state index in [-0.39, 0.29) is 11.9 Å². The first-order chi connectivity index (χ1) is 8.49. The first kappa shape index (κ1) is 15.2. The average Bonchev–Trinajstić information content (AvgIpc) is 2.32. The molecule has 18 heavy (non-hydrogen) atoms. The largest absolute Gasteiger partial charge is 0.336 e. The van der Waals surface area contributed by atoms with E-state index in [9.17, 15) is 4.79 Å². The number of amides is 1. The summed E-state index contributed by atoms with van der Waals surface area (Å²) in [6.07, 6.45) is 0.981. The molecule has 0 aromatic heterocycles. The Labute approximate surface area is 119 Å². The Morgan fingerprint density at radius 3 is 2.56 bits per heavy atom. The summed E-state index contributed by atoms with van der Waals surface area (Å²) in [5.41, 5.74) is 3.09. The van der Waals surface area contributed by atoms with Crippen LogP contribution in [0.4, 0.5) is 0 Å². The van der Waals surface area contributed by atoms with Crippen LogP contribution >= 0.6 is 15.9 Å². The van der Waals surface area contributed by atoms with Gasteiger partial charge in [0.05, 0.1) is 0 Å². The fourth-order valence-electron chi connectivity index (χ4n) is 1.96. The standard InChI is InChI=1S/C15H22BrNO/c1-11(2)17(10-6-9-16)15(18)14-8-5-7-12(3)13(14)4/h5,7-8,11H,6,9-10H2,1-4H3. The lowest BCUT2D eigenvalue weighted by molar-refractivity contribution is 0.0706. The zero-order chi connectivity index (χ0) is 13.7. The minimum atomic E-state index is 0.146. The molecule has 0 N–H and O–H groups in total. The predicted molar refractivity (Wildman–Crippen MR) is 80.5 cm³/mol. The second kappa shape index (κ2) is 6.93. The molecule has 3 heteroatoms. The van der Waals surface area contributed by atoms with Crippen molar-refractivity contribution in [2.45, 2.75) is 40.2 Å². The fraction of sp³-hybridized carbons (Fsp3) is 0.533. The third kappa shape index (κ3) is 3.58. The molecule has 0 fully saturated rings. The van der Waals surface area contributed by atoms with Gasteiger partial charge in [-0.3, -0.25) is 4.79 Å². The average molecular weight is 312 g/mol. The van der Waals surface area contributed by atoms with Crippen LogP contribution in [0, 0.1) is 13.8 Å². The lowest BCUT2D eigenvalue weighted by Crippen LogP contribution is -2.38. The Morgan fingerprint density at radius 1 is 1.33 bits per heavy atom. The molecule has 0 saturated carbocycles. The van der Waals surface area contributed by atoms with E-state index in [0.717, 1.165) is 29.4 Å². The van der Waals surface area contributed by atoms with Gasteiger partial charge in [0.25, 0.3) is 5.91 Å². The molecule has 1 rings (SSSR count). The molecule has 1 amide bonds. The smallest absolute Gasteiger partial charge is 0.254 e. The highest BCUT2D eigenvalue weighted by Crippen LogP contribution is 2.16.